The Kier molecular flexibility index (Phi) is 5.06. The van der Waals surface area contributed by atoms with Crippen LogP contribution in [0.4, 0.5) is 0 Å². The van der Waals surface area contributed by atoms with Crippen LogP contribution in [0.25, 0.3) is 0 Å². The monoisotopic (exact) mass is 356 g/mol. The summed E-state index contributed by atoms with van der Waals surface area (Å²) in [6.07, 6.45) is 3.02. The van der Waals surface area contributed by atoms with Gasteiger partial charge in [-0.2, -0.15) is 0 Å². The fourth-order valence-electron chi connectivity index (χ4n) is 3.24. The van der Waals surface area contributed by atoms with Crippen LogP contribution in [0.1, 0.15) is 45.3 Å². The summed E-state index contributed by atoms with van der Waals surface area (Å²) in [6, 6.07) is 8.30. The van der Waals surface area contributed by atoms with E-state index in [4.69, 9.17) is 14.6 Å². The minimum atomic E-state index is -1.12. The van der Waals surface area contributed by atoms with Gasteiger partial charge in [-0.3, -0.25) is 4.79 Å². The van der Waals surface area contributed by atoms with E-state index in [-0.39, 0.29) is 17.6 Å². The third-order valence-corrected chi connectivity index (χ3v) is 4.54. The van der Waals surface area contributed by atoms with E-state index in [9.17, 15) is 9.59 Å². The van der Waals surface area contributed by atoms with Crippen molar-refractivity contribution >= 4 is 11.9 Å². The van der Waals surface area contributed by atoms with Crippen LogP contribution in [0.15, 0.2) is 36.5 Å². The number of aromatic nitrogens is 1. The van der Waals surface area contributed by atoms with E-state index >= 15 is 0 Å². The van der Waals surface area contributed by atoms with Gasteiger partial charge in [0.1, 0.15) is 17.2 Å². The molecule has 0 spiro atoms. The molecule has 0 saturated carbocycles. The van der Waals surface area contributed by atoms with Gasteiger partial charge in [-0.05, 0) is 37.1 Å². The molecular formula is C19H20N2O5. The van der Waals surface area contributed by atoms with Crippen molar-refractivity contribution < 1.29 is 24.2 Å². The smallest absolute Gasteiger partial charge is 0.354 e. The Balaban J connectivity index is 1.88. The zero-order chi connectivity index (χ0) is 18.7. The van der Waals surface area contributed by atoms with Gasteiger partial charge in [0.05, 0.1) is 25.8 Å². The highest BCUT2D eigenvalue weighted by Crippen LogP contribution is 2.39. The van der Waals surface area contributed by atoms with Gasteiger partial charge >= 0.3 is 5.97 Å². The van der Waals surface area contributed by atoms with Crippen molar-refractivity contribution in [2.24, 2.45) is 0 Å². The number of aromatic carboxylic acids is 1. The average molecular weight is 356 g/mol. The molecule has 136 valence electrons. The molecule has 0 bridgehead atoms. The molecule has 1 N–H and O–H groups in total. The SMILES string of the molecule is COc1ccc([C@@H]2CCCN2C(=O)c2ccc(C(=O)O)nc2)c(OC)c1. The zero-order valence-electron chi connectivity index (χ0n) is 14.6. The number of hydrogen-bond acceptors (Lipinski definition) is 5. The first-order chi connectivity index (χ1) is 12.5. The number of amides is 1. The van der Waals surface area contributed by atoms with E-state index in [0.29, 0.717) is 23.6 Å². The van der Waals surface area contributed by atoms with Gasteiger partial charge in [-0.25, -0.2) is 9.78 Å². The predicted octanol–water partition coefficient (Wildman–Crippen LogP) is 2.77. The van der Waals surface area contributed by atoms with E-state index in [2.05, 4.69) is 4.98 Å². The standard InChI is InChI=1S/C19H20N2O5/c1-25-13-6-7-14(17(10-13)26-2)16-4-3-9-21(16)18(22)12-5-8-15(19(23)24)20-11-12/h5-8,10-11,16H,3-4,9H2,1-2H3,(H,23,24)/t16-/m0/s1. The van der Waals surface area contributed by atoms with E-state index < -0.39 is 5.97 Å². The highest BCUT2D eigenvalue weighted by atomic mass is 16.5. The molecule has 1 aliphatic rings. The number of carboxylic acid groups (broad SMARTS) is 1. The number of hydrogen-bond donors (Lipinski definition) is 1. The van der Waals surface area contributed by atoms with E-state index in [1.807, 2.05) is 12.1 Å². The lowest BCUT2D eigenvalue weighted by Crippen LogP contribution is -2.31. The van der Waals surface area contributed by atoms with Gasteiger partial charge in [0.15, 0.2) is 0 Å². The Labute approximate surface area is 151 Å². The van der Waals surface area contributed by atoms with Crippen molar-refractivity contribution in [1.29, 1.82) is 0 Å². The van der Waals surface area contributed by atoms with Crippen LogP contribution in [0.3, 0.4) is 0 Å². The van der Waals surface area contributed by atoms with Crippen LogP contribution in [-0.4, -0.2) is 47.6 Å². The van der Waals surface area contributed by atoms with E-state index in [1.54, 1.807) is 25.2 Å². The van der Waals surface area contributed by atoms with Crippen molar-refractivity contribution in [2.75, 3.05) is 20.8 Å². The molecule has 1 saturated heterocycles. The quantitative estimate of drug-likeness (QED) is 0.886. The second-order valence-corrected chi connectivity index (χ2v) is 6.00. The third-order valence-electron chi connectivity index (χ3n) is 4.54. The van der Waals surface area contributed by atoms with Crippen molar-refractivity contribution in [3.05, 3.63) is 53.3 Å². The zero-order valence-corrected chi connectivity index (χ0v) is 14.6. The summed E-state index contributed by atoms with van der Waals surface area (Å²) >= 11 is 0. The van der Waals surface area contributed by atoms with Crippen molar-refractivity contribution in [2.45, 2.75) is 18.9 Å². The van der Waals surface area contributed by atoms with Gasteiger partial charge in [0, 0.05) is 24.4 Å². The molecule has 1 atom stereocenters. The molecule has 7 nitrogen and oxygen atoms in total. The highest BCUT2D eigenvalue weighted by molar-refractivity contribution is 5.95. The molecule has 1 aliphatic heterocycles. The van der Waals surface area contributed by atoms with Crippen LogP contribution >= 0.6 is 0 Å². The number of methoxy groups -OCH3 is 2. The van der Waals surface area contributed by atoms with Gasteiger partial charge in [0.2, 0.25) is 0 Å². The maximum atomic E-state index is 12.9. The average Bonchev–Trinajstić information content (AvgIpc) is 3.16. The molecule has 0 radical (unpaired) electrons. The molecule has 2 heterocycles. The number of rotatable bonds is 5. The first kappa shape index (κ1) is 17.7. The molecule has 1 fully saturated rings. The molecule has 0 unspecified atom stereocenters. The maximum absolute atomic E-state index is 12.9. The molecule has 26 heavy (non-hydrogen) atoms. The lowest BCUT2D eigenvalue weighted by atomic mass is 10.0. The number of carbonyl (C=O) groups is 2. The minimum absolute atomic E-state index is 0.0867. The largest absolute Gasteiger partial charge is 0.497 e. The summed E-state index contributed by atoms with van der Waals surface area (Å²) in [5, 5.41) is 8.94. The van der Waals surface area contributed by atoms with Gasteiger partial charge < -0.3 is 19.5 Å². The van der Waals surface area contributed by atoms with Crippen LogP contribution in [-0.2, 0) is 0 Å². The molecule has 0 aliphatic carbocycles. The summed E-state index contributed by atoms with van der Waals surface area (Å²) in [4.78, 5) is 29.4. The van der Waals surface area contributed by atoms with Crippen LogP contribution in [0, 0.1) is 0 Å². The Hall–Kier alpha value is -3.09. The highest BCUT2D eigenvalue weighted by Gasteiger charge is 2.32. The van der Waals surface area contributed by atoms with Crippen LogP contribution in [0.5, 0.6) is 11.5 Å². The van der Waals surface area contributed by atoms with E-state index in [1.165, 1.54) is 18.3 Å². The van der Waals surface area contributed by atoms with E-state index in [0.717, 1.165) is 18.4 Å². The Bertz CT molecular complexity index is 819. The molecule has 7 heteroatoms. The first-order valence-corrected chi connectivity index (χ1v) is 8.27. The number of ether oxygens (including phenoxy) is 2. The topological polar surface area (TPSA) is 89.0 Å². The summed E-state index contributed by atoms with van der Waals surface area (Å²) in [7, 11) is 3.18. The van der Waals surface area contributed by atoms with Crippen LogP contribution < -0.4 is 9.47 Å². The fourth-order valence-corrected chi connectivity index (χ4v) is 3.24. The Morgan fingerprint density at radius 1 is 1.19 bits per heavy atom. The van der Waals surface area contributed by atoms with Gasteiger partial charge in [-0.1, -0.05) is 0 Å². The third kappa shape index (κ3) is 3.33. The van der Waals surface area contributed by atoms with Crippen molar-refractivity contribution in [1.82, 2.24) is 9.88 Å². The minimum Gasteiger partial charge on any atom is -0.497 e. The molecule has 3 rings (SSSR count). The normalized spacial score (nSPS) is 16.4. The second-order valence-electron chi connectivity index (χ2n) is 6.00. The fraction of sp³-hybridized carbons (Fsp3) is 0.316. The summed E-state index contributed by atoms with van der Waals surface area (Å²) in [5.74, 6) is 0.0733. The first-order valence-electron chi connectivity index (χ1n) is 8.27. The lowest BCUT2D eigenvalue weighted by Gasteiger charge is -2.26. The number of pyridine rings is 1. The molecule has 1 aromatic heterocycles. The van der Waals surface area contributed by atoms with Crippen LogP contribution in [0.2, 0.25) is 0 Å². The number of carbonyl (C=O) groups excluding carboxylic acids is 1. The van der Waals surface area contributed by atoms with Gasteiger partial charge in [0.25, 0.3) is 5.91 Å². The molecule has 1 aromatic carbocycles. The van der Waals surface area contributed by atoms with Crippen molar-refractivity contribution in [3.63, 3.8) is 0 Å². The van der Waals surface area contributed by atoms with Crippen molar-refractivity contribution in [3.8, 4) is 11.5 Å². The summed E-state index contributed by atoms with van der Waals surface area (Å²) in [5.41, 5.74) is 1.21. The molecular weight excluding hydrogens is 336 g/mol. The number of benzene rings is 1. The number of likely N-dealkylation sites (tertiary alicyclic amines) is 1. The number of nitrogens with zero attached hydrogens (tertiary/aromatic N) is 2. The van der Waals surface area contributed by atoms with Gasteiger partial charge in [-0.15, -0.1) is 0 Å². The molecule has 1 amide bonds. The maximum Gasteiger partial charge on any atom is 0.354 e. The Morgan fingerprint density at radius 2 is 2.00 bits per heavy atom. The number of carboxylic acids is 1. The summed E-state index contributed by atoms with van der Waals surface area (Å²) < 4.78 is 10.7. The Morgan fingerprint density at radius 3 is 2.62 bits per heavy atom. The molecule has 2 aromatic rings. The lowest BCUT2D eigenvalue weighted by molar-refractivity contribution is 0.0685. The summed E-state index contributed by atoms with van der Waals surface area (Å²) in [6.45, 7) is 0.624. The predicted molar refractivity (Wildman–Crippen MR) is 93.8 cm³/mol. The second kappa shape index (κ2) is 7.43.